The highest BCUT2D eigenvalue weighted by molar-refractivity contribution is 6.32. The molecule has 0 amide bonds. The average Bonchev–Trinajstić information content (AvgIpc) is 3.02. The van der Waals surface area contributed by atoms with Crippen LogP contribution in [0.25, 0.3) is 0 Å². The first-order valence-corrected chi connectivity index (χ1v) is 6.79. The molecule has 1 aromatic rings. The van der Waals surface area contributed by atoms with Crippen molar-refractivity contribution in [2.24, 2.45) is 11.8 Å². The molecule has 1 unspecified atom stereocenters. The Labute approximate surface area is 112 Å². The van der Waals surface area contributed by atoms with Gasteiger partial charge in [-0.05, 0) is 38.0 Å². The fourth-order valence-corrected chi connectivity index (χ4v) is 2.63. The smallest absolute Gasteiger partial charge is 0.340 e. The molecule has 4 nitrogen and oxygen atoms in total. The third-order valence-electron chi connectivity index (χ3n) is 3.43. The number of carboxylic acid groups (broad SMARTS) is 1. The van der Waals surface area contributed by atoms with E-state index >= 15 is 0 Å². The Kier molecular flexibility index (Phi) is 3.66. The highest BCUT2D eigenvalue weighted by Crippen LogP contribution is 2.41. The molecule has 1 aliphatic rings. The van der Waals surface area contributed by atoms with Crippen molar-refractivity contribution in [2.45, 2.75) is 46.1 Å². The molecule has 5 heteroatoms. The number of aromatic nitrogens is 2. The van der Waals surface area contributed by atoms with Crippen LogP contribution in [0.3, 0.4) is 0 Å². The number of carboxylic acids is 1. The fourth-order valence-electron chi connectivity index (χ4n) is 2.25. The normalized spacial score (nSPS) is 17.2. The summed E-state index contributed by atoms with van der Waals surface area (Å²) in [7, 11) is 0. The van der Waals surface area contributed by atoms with Crippen LogP contribution in [0.5, 0.6) is 0 Å². The van der Waals surface area contributed by atoms with Crippen LogP contribution < -0.4 is 0 Å². The SMILES string of the molecule is CC(C)Cc1nn(C(C)C2CC2)c(Cl)c1C(=O)O. The van der Waals surface area contributed by atoms with Crippen molar-refractivity contribution >= 4 is 17.6 Å². The number of hydrogen-bond acceptors (Lipinski definition) is 2. The second kappa shape index (κ2) is 4.92. The largest absolute Gasteiger partial charge is 0.478 e. The van der Waals surface area contributed by atoms with Crippen molar-refractivity contribution < 1.29 is 9.90 Å². The number of rotatable bonds is 5. The van der Waals surface area contributed by atoms with Gasteiger partial charge in [-0.15, -0.1) is 0 Å². The van der Waals surface area contributed by atoms with Gasteiger partial charge >= 0.3 is 5.97 Å². The minimum absolute atomic E-state index is 0.179. The summed E-state index contributed by atoms with van der Waals surface area (Å²) in [5, 5.41) is 14.0. The fraction of sp³-hybridized carbons (Fsp3) is 0.692. The van der Waals surface area contributed by atoms with E-state index in [1.165, 1.54) is 12.8 Å². The van der Waals surface area contributed by atoms with Gasteiger partial charge in [0.25, 0.3) is 0 Å². The average molecular weight is 271 g/mol. The van der Waals surface area contributed by atoms with Gasteiger partial charge in [0.15, 0.2) is 0 Å². The summed E-state index contributed by atoms with van der Waals surface area (Å²) in [6.45, 7) is 6.15. The van der Waals surface area contributed by atoms with E-state index in [0.29, 0.717) is 24.0 Å². The molecule has 0 aromatic carbocycles. The van der Waals surface area contributed by atoms with Gasteiger partial charge < -0.3 is 5.11 Å². The van der Waals surface area contributed by atoms with E-state index in [1.54, 1.807) is 4.68 Å². The summed E-state index contributed by atoms with van der Waals surface area (Å²) in [4.78, 5) is 11.3. The molecule has 0 spiro atoms. The lowest BCUT2D eigenvalue weighted by molar-refractivity contribution is 0.0695. The van der Waals surface area contributed by atoms with Crippen molar-refractivity contribution in [1.29, 1.82) is 0 Å². The Morgan fingerprint density at radius 3 is 2.56 bits per heavy atom. The molecule has 1 aromatic heterocycles. The Hall–Kier alpha value is -1.03. The summed E-state index contributed by atoms with van der Waals surface area (Å²) < 4.78 is 1.69. The minimum atomic E-state index is -0.982. The maximum Gasteiger partial charge on any atom is 0.340 e. The van der Waals surface area contributed by atoms with Gasteiger partial charge in [0.1, 0.15) is 10.7 Å². The number of nitrogens with zero attached hydrogens (tertiary/aromatic N) is 2. The molecule has 1 heterocycles. The van der Waals surface area contributed by atoms with Crippen LogP contribution in [0.1, 0.15) is 55.7 Å². The van der Waals surface area contributed by atoms with Gasteiger partial charge in [0.2, 0.25) is 0 Å². The quantitative estimate of drug-likeness (QED) is 0.892. The Balaban J connectivity index is 2.39. The van der Waals surface area contributed by atoms with Crippen LogP contribution in [-0.4, -0.2) is 20.9 Å². The first kappa shape index (κ1) is 13.4. The van der Waals surface area contributed by atoms with Crippen LogP contribution in [0, 0.1) is 11.8 Å². The molecule has 18 heavy (non-hydrogen) atoms. The molecule has 100 valence electrons. The van der Waals surface area contributed by atoms with Gasteiger partial charge in [-0.1, -0.05) is 25.4 Å². The molecule has 1 aliphatic carbocycles. The third kappa shape index (κ3) is 2.53. The number of aromatic carboxylic acids is 1. The predicted molar refractivity (Wildman–Crippen MR) is 70.2 cm³/mol. The molecular formula is C13H19ClN2O2. The molecule has 2 rings (SSSR count). The van der Waals surface area contributed by atoms with Crippen molar-refractivity contribution in [2.75, 3.05) is 0 Å². The Morgan fingerprint density at radius 2 is 2.11 bits per heavy atom. The molecule has 1 saturated carbocycles. The standard InChI is InChI=1S/C13H19ClN2O2/c1-7(2)6-10-11(13(17)18)12(14)16(15-10)8(3)9-4-5-9/h7-9H,4-6H2,1-3H3,(H,17,18). The molecule has 1 fully saturated rings. The van der Waals surface area contributed by atoms with Crippen molar-refractivity contribution in [3.8, 4) is 0 Å². The molecule has 0 aliphatic heterocycles. The van der Waals surface area contributed by atoms with Gasteiger partial charge in [0.05, 0.1) is 11.7 Å². The predicted octanol–water partition coefficient (Wildman–Crippen LogP) is 3.40. The highest BCUT2D eigenvalue weighted by Gasteiger charge is 2.33. The van der Waals surface area contributed by atoms with E-state index in [2.05, 4.69) is 12.0 Å². The first-order chi connectivity index (χ1) is 8.41. The van der Waals surface area contributed by atoms with Crippen molar-refractivity contribution in [3.05, 3.63) is 16.4 Å². The van der Waals surface area contributed by atoms with Gasteiger partial charge in [-0.3, -0.25) is 0 Å². The Bertz CT molecular complexity index is 464. The highest BCUT2D eigenvalue weighted by atomic mass is 35.5. The summed E-state index contributed by atoms with van der Waals surface area (Å²) in [6.07, 6.45) is 3.00. The summed E-state index contributed by atoms with van der Waals surface area (Å²) in [5.74, 6) is -0.0282. The van der Waals surface area contributed by atoms with E-state index < -0.39 is 5.97 Å². The maximum absolute atomic E-state index is 11.3. The number of hydrogen-bond donors (Lipinski definition) is 1. The molecule has 1 atom stereocenters. The number of carbonyl (C=O) groups is 1. The zero-order valence-electron chi connectivity index (χ0n) is 11.0. The summed E-state index contributed by atoms with van der Waals surface area (Å²) in [6, 6.07) is 0.191. The second-order valence-electron chi connectivity index (χ2n) is 5.54. The lowest BCUT2D eigenvalue weighted by Crippen LogP contribution is -2.09. The zero-order chi connectivity index (χ0) is 13.4. The van der Waals surface area contributed by atoms with E-state index in [-0.39, 0.29) is 16.8 Å². The molecule has 0 saturated heterocycles. The van der Waals surface area contributed by atoms with Gasteiger partial charge in [-0.25, -0.2) is 9.48 Å². The molecule has 1 N–H and O–H groups in total. The monoisotopic (exact) mass is 270 g/mol. The van der Waals surface area contributed by atoms with Gasteiger partial charge in [0, 0.05) is 0 Å². The Morgan fingerprint density at radius 1 is 1.50 bits per heavy atom. The van der Waals surface area contributed by atoms with E-state index in [0.717, 1.165) is 0 Å². The maximum atomic E-state index is 11.3. The minimum Gasteiger partial charge on any atom is -0.478 e. The molecular weight excluding hydrogens is 252 g/mol. The van der Waals surface area contributed by atoms with Crippen LogP contribution in [0.15, 0.2) is 0 Å². The van der Waals surface area contributed by atoms with Crippen LogP contribution in [0.4, 0.5) is 0 Å². The van der Waals surface area contributed by atoms with E-state index in [4.69, 9.17) is 11.6 Å². The van der Waals surface area contributed by atoms with Gasteiger partial charge in [-0.2, -0.15) is 5.10 Å². The van der Waals surface area contributed by atoms with Crippen LogP contribution in [-0.2, 0) is 6.42 Å². The van der Waals surface area contributed by atoms with E-state index in [9.17, 15) is 9.90 Å². The molecule has 0 bridgehead atoms. The lowest BCUT2D eigenvalue weighted by atomic mass is 10.1. The summed E-state index contributed by atoms with van der Waals surface area (Å²) in [5.41, 5.74) is 0.785. The summed E-state index contributed by atoms with van der Waals surface area (Å²) >= 11 is 6.19. The molecule has 0 radical (unpaired) electrons. The van der Waals surface area contributed by atoms with Crippen LogP contribution >= 0.6 is 11.6 Å². The lowest BCUT2D eigenvalue weighted by Gasteiger charge is -2.11. The van der Waals surface area contributed by atoms with E-state index in [1.807, 2.05) is 13.8 Å². The zero-order valence-corrected chi connectivity index (χ0v) is 11.7. The van der Waals surface area contributed by atoms with Crippen molar-refractivity contribution in [3.63, 3.8) is 0 Å². The number of halogens is 1. The topological polar surface area (TPSA) is 55.1 Å². The van der Waals surface area contributed by atoms with Crippen molar-refractivity contribution in [1.82, 2.24) is 9.78 Å². The second-order valence-corrected chi connectivity index (χ2v) is 5.90. The van der Waals surface area contributed by atoms with Crippen LogP contribution in [0.2, 0.25) is 5.15 Å². The first-order valence-electron chi connectivity index (χ1n) is 6.42. The third-order valence-corrected chi connectivity index (χ3v) is 3.79.